The van der Waals surface area contributed by atoms with Crippen LogP contribution in [0.2, 0.25) is 0 Å². The Kier molecular flexibility index (Phi) is 7.43. The molecule has 1 heterocycles. The fourth-order valence-electron chi connectivity index (χ4n) is 4.77. The predicted octanol–water partition coefficient (Wildman–Crippen LogP) is 4.99. The Morgan fingerprint density at radius 3 is 1.76 bits per heavy atom. The molecule has 0 fully saturated rings. The van der Waals surface area contributed by atoms with Crippen molar-refractivity contribution < 1.29 is 4.68 Å². The standard InChI is InChI=1S/C11H12N2.2C10H13.Bi/c1-10-6-3-4-7-11(10)13-9-5-8-12(13)2;2*1-8(2)10-6-4-5-9(3)7-10;/h3-4,6-9H,1-2H3;2*4-5,7-8H,1-3H3;/q+1;;;. The first-order valence-electron chi connectivity index (χ1n) is 12.3. The number of rotatable bonds is 6. The fourth-order valence-corrected chi connectivity index (χ4v) is 16.2. The number of aromatic nitrogens is 2. The molecule has 34 heavy (non-hydrogen) atoms. The van der Waals surface area contributed by atoms with Crippen LogP contribution >= 0.6 is 0 Å². The summed E-state index contributed by atoms with van der Waals surface area (Å²) in [6, 6.07) is 23.1. The first kappa shape index (κ1) is 24.9. The van der Waals surface area contributed by atoms with E-state index in [1.165, 1.54) is 36.8 Å². The molecular formula is C31H38BiN2+. The molecule has 1 aromatic heterocycles. The average molecular weight is 648 g/mol. The normalized spacial score (nSPS) is 11.7. The van der Waals surface area contributed by atoms with Crippen LogP contribution in [-0.2, 0) is 7.05 Å². The van der Waals surface area contributed by atoms with Crippen LogP contribution in [0, 0.1) is 20.8 Å². The van der Waals surface area contributed by atoms with Crippen LogP contribution in [0.25, 0.3) is 5.69 Å². The van der Waals surface area contributed by atoms with Crippen molar-refractivity contribution in [3.05, 3.63) is 101 Å². The second-order valence-corrected chi connectivity index (χ2v) is 18.5. The van der Waals surface area contributed by atoms with Crippen LogP contribution < -0.4 is 14.5 Å². The van der Waals surface area contributed by atoms with Gasteiger partial charge in [0.15, 0.2) is 0 Å². The summed E-state index contributed by atoms with van der Waals surface area (Å²) in [5.41, 5.74) is 8.31. The second-order valence-electron chi connectivity index (χ2n) is 10.2. The molecule has 0 amide bonds. The minimum atomic E-state index is -2.62. The van der Waals surface area contributed by atoms with Gasteiger partial charge < -0.3 is 0 Å². The molecule has 4 rings (SSSR count). The van der Waals surface area contributed by atoms with Gasteiger partial charge in [0, 0.05) is 0 Å². The molecule has 0 aliphatic carbocycles. The Balaban J connectivity index is 2.00. The summed E-state index contributed by atoms with van der Waals surface area (Å²) >= 11 is -2.62. The summed E-state index contributed by atoms with van der Waals surface area (Å²) in [5, 5.41) is 0. The number of hydrogen-bond acceptors (Lipinski definition) is 0. The van der Waals surface area contributed by atoms with Gasteiger partial charge in [-0.25, -0.2) is 0 Å². The van der Waals surface area contributed by atoms with E-state index in [1.807, 2.05) is 0 Å². The zero-order chi connectivity index (χ0) is 24.6. The van der Waals surface area contributed by atoms with Crippen LogP contribution in [0.5, 0.6) is 0 Å². The zero-order valence-electron chi connectivity index (χ0n) is 21.9. The Labute approximate surface area is 213 Å². The average Bonchev–Trinajstić information content (AvgIpc) is 3.16. The van der Waals surface area contributed by atoms with Crippen LogP contribution in [-0.4, -0.2) is 26.4 Å². The topological polar surface area (TPSA) is 8.81 Å². The Morgan fingerprint density at radius 1 is 0.735 bits per heavy atom. The van der Waals surface area contributed by atoms with E-state index < -0.39 is 21.8 Å². The summed E-state index contributed by atoms with van der Waals surface area (Å²) in [7, 11) is 2.18. The summed E-state index contributed by atoms with van der Waals surface area (Å²) < 4.78 is 9.36. The number of nitrogens with zero attached hydrogens (tertiary/aromatic N) is 2. The van der Waals surface area contributed by atoms with Gasteiger partial charge >= 0.3 is 215 Å². The van der Waals surface area contributed by atoms with Crippen molar-refractivity contribution in [3.63, 3.8) is 0 Å². The second kappa shape index (κ2) is 10.2. The van der Waals surface area contributed by atoms with E-state index in [0.29, 0.717) is 11.8 Å². The fraction of sp³-hybridized carbons (Fsp3) is 0.323. The molecule has 0 aliphatic heterocycles. The first-order valence-corrected chi connectivity index (χ1v) is 17.5. The van der Waals surface area contributed by atoms with Crippen LogP contribution in [0.1, 0.15) is 67.3 Å². The number of para-hydroxylation sites is 1. The molecule has 176 valence electrons. The molecule has 0 saturated heterocycles. The molecule has 0 spiro atoms. The van der Waals surface area contributed by atoms with Crippen LogP contribution in [0.15, 0.2) is 73.1 Å². The van der Waals surface area contributed by atoms with Gasteiger partial charge in [0.25, 0.3) is 0 Å². The number of aryl methyl sites for hydroxylation is 4. The molecule has 3 aromatic carbocycles. The quantitative estimate of drug-likeness (QED) is 0.206. The Bertz CT molecular complexity index is 1260. The van der Waals surface area contributed by atoms with E-state index in [2.05, 4.69) is 138 Å². The van der Waals surface area contributed by atoms with Crippen molar-refractivity contribution in [2.75, 3.05) is 0 Å². The zero-order valence-corrected chi connectivity index (χ0v) is 25.4. The monoisotopic (exact) mass is 647 g/mol. The maximum absolute atomic E-state index is 2.62. The molecule has 2 nitrogen and oxygen atoms in total. The Hall–Kier alpha value is -2.25. The SMILES string of the molecule is Cc1cc[c]([Bi]([c]2cn(-c3ccccc3C)[n+](C)c2)[c]2ccc(C)cc2C(C)C)c(C(C)C)c1. The van der Waals surface area contributed by atoms with Crippen molar-refractivity contribution in [1.29, 1.82) is 0 Å². The summed E-state index contributed by atoms with van der Waals surface area (Å²) in [4.78, 5) is 0. The number of hydrogen-bond donors (Lipinski definition) is 0. The van der Waals surface area contributed by atoms with E-state index in [4.69, 9.17) is 0 Å². The molecule has 0 atom stereocenters. The van der Waals surface area contributed by atoms with Crippen molar-refractivity contribution >= 4 is 31.6 Å². The molecule has 0 N–H and O–H groups in total. The van der Waals surface area contributed by atoms with E-state index in [-0.39, 0.29) is 0 Å². The van der Waals surface area contributed by atoms with Crippen molar-refractivity contribution in [2.24, 2.45) is 7.05 Å². The van der Waals surface area contributed by atoms with Gasteiger partial charge in [0.05, 0.1) is 0 Å². The van der Waals surface area contributed by atoms with Crippen molar-refractivity contribution in [1.82, 2.24) is 4.68 Å². The molecule has 0 aliphatic rings. The molecule has 0 radical (unpaired) electrons. The molecule has 3 heteroatoms. The third-order valence-electron chi connectivity index (χ3n) is 6.63. The van der Waals surface area contributed by atoms with Crippen molar-refractivity contribution in [3.8, 4) is 5.69 Å². The van der Waals surface area contributed by atoms with E-state index in [1.54, 1.807) is 6.54 Å². The predicted molar refractivity (Wildman–Crippen MR) is 147 cm³/mol. The van der Waals surface area contributed by atoms with E-state index in [9.17, 15) is 0 Å². The summed E-state index contributed by atoms with van der Waals surface area (Å²) in [5.74, 6) is 1.01. The van der Waals surface area contributed by atoms with Gasteiger partial charge in [-0.05, 0) is 0 Å². The van der Waals surface area contributed by atoms with Crippen LogP contribution in [0.4, 0.5) is 0 Å². The van der Waals surface area contributed by atoms with Crippen LogP contribution in [0.3, 0.4) is 0 Å². The molecule has 4 aromatic rings. The maximum atomic E-state index is 2.46. The number of benzene rings is 3. The third kappa shape index (κ3) is 4.91. The van der Waals surface area contributed by atoms with E-state index >= 15 is 0 Å². The van der Waals surface area contributed by atoms with Gasteiger partial charge in [0.2, 0.25) is 0 Å². The van der Waals surface area contributed by atoms with E-state index in [0.717, 1.165) is 0 Å². The van der Waals surface area contributed by atoms with Crippen molar-refractivity contribution in [2.45, 2.75) is 60.3 Å². The van der Waals surface area contributed by atoms with Gasteiger partial charge in [0.1, 0.15) is 0 Å². The molecule has 0 bridgehead atoms. The van der Waals surface area contributed by atoms with Gasteiger partial charge in [-0.2, -0.15) is 0 Å². The third-order valence-corrected chi connectivity index (χ3v) is 16.4. The minimum absolute atomic E-state index is 0.507. The summed E-state index contributed by atoms with van der Waals surface area (Å²) in [6.45, 7) is 16.0. The molecule has 0 unspecified atom stereocenters. The molecular weight excluding hydrogens is 609 g/mol. The molecule has 0 saturated carbocycles. The summed E-state index contributed by atoms with van der Waals surface area (Å²) in [6.07, 6.45) is 4.83. The first-order chi connectivity index (χ1) is 16.2. The van der Waals surface area contributed by atoms with Gasteiger partial charge in [-0.1, -0.05) is 0 Å². The van der Waals surface area contributed by atoms with Gasteiger partial charge in [-0.3, -0.25) is 0 Å². The van der Waals surface area contributed by atoms with Gasteiger partial charge in [-0.15, -0.1) is 0 Å². The Morgan fingerprint density at radius 2 is 1.26 bits per heavy atom.